The fourth-order valence-electron chi connectivity index (χ4n) is 1.81. The van der Waals surface area contributed by atoms with E-state index >= 15 is 0 Å². The normalized spacial score (nSPS) is 10.8. The van der Waals surface area contributed by atoms with Crippen molar-refractivity contribution >= 4 is 11.6 Å². The van der Waals surface area contributed by atoms with Gasteiger partial charge >= 0.3 is 0 Å². The van der Waals surface area contributed by atoms with E-state index in [2.05, 4.69) is 12.2 Å². The van der Waals surface area contributed by atoms with Crippen LogP contribution in [0.3, 0.4) is 0 Å². The van der Waals surface area contributed by atoms with Crippen LogP contribution in [0.1, 0.15) is 25.3 Å². The Morgan fingerprint density at radius 2 is 2.00 bits per heavy atom. The van der Waals surface area contributed by atoms with Crippen LogP contribution in [0.5, 0.6) is 5.75 Å². The topological polar surface area (TPSA) is 39.7 Å². The van der Waals surface area contributed by atoms with E-state index in [1.54, 1.807) is 7.11 Å². The van der Waals surface area contributed by atoms with Crippen LogP contribution in [0.2, 0.25) is 5.02 Å². The fraction of sp³-hybridized carbons (Fsp3) is 0.625. The SMILES string of the molecule is CCCNCc1cc(Cl)ccc1OCCCOCCOC. The molecule has 0 radical (unpaired) electrons. The average Bonchev–Trinajstić information content (AvgIpc) is 2.48. The molecule has 120 valence electrons. The highest BCUT2D eigenvalue weighted by Crippen LogP contribution is 2.23. The molecule has 0 fully saturated rings. The Labute approximate surface area is 132 Å². The van der Waals surface area contributed by atoms with Crippen LogP contribution in [0.4, 0.5) is 0 Å². The van der Waals surface area contributed by atoms with Gasteiger partial charge in [0.2, 0.25) is 0 Å². The summed E-state index contributed by atoms with van der Waals surface area (Å²) in [5.74, 6) is 0.889. The molecule has 0 aliphatic carbocycles. The lowest BCUT2D eigenvalue weighted by atomic mass is 10.2. The number of hydrogen-bond donors (Lipinski definition) is 1. The molecule has 0 atom stereocenters. The smallest absolute Gasteiger partial charge is 0.123 e. The van der Waals surface area contributed by atoms with Crippen LogP contribution in [0.25, 0.3) is 0 Å². The van der Waals surface area contributed by atoms with Crippen molar-refractivity contribution in [1.29, 1.82) is 0 Å². The maximum atomic E-state index is 6.05. The van der Waals surface area contributed by atoms with Crippen LogP contribution in [-0.2, 0) is 16.0 Å². The van der Waals surface area contributed by atoms with Crippen LogP contribution >= 0.6 is 11.6 Å². The maximum Gasteiger partial charge on any atom is 0.123 e. The summed E-state index contributed by atoms with van der Waals surface area (Å²) in [7, 11) is 1.67. The Hall–Kier alpha value is -0.810. The van der Waals surface area contributed by atoms with Crippen molar-refractivity contribution in [1.82, 2.24) is 5.32 Å². The number of methoxy groups -OCH3 is 1. The molecular weight excluding hydrogens is 290 g/mol. The van der Waals surface area contributed by atoms with Crippen LogP contribution in [-0.4, -0.2) is 40.1 Å². The minimum atomic E-state index is 0.629. The number of ether oxygens (including phenoxy) is 3. The Bertz CT molecular complexity index is 388. The highest BCUT2D eigenvalue weighted by molar-refractivity contribution is 6.30. The van der Waals surface area contributed by atoms with Gasteiger partial charge in [-0.3, -0.25) is 0 Å². The molecule has 1 aromatic carbocycles. The Morgan fingerprint density at radius 3 is 2.76 bits per heavy atom. The second-order valence-corrected chi connectivity index (χ2v) is 5.17. The van der Waals surface area contributed by atoms with Crippen molar-refractivity contribution in [3.63, 3.8) is 0 Å². The molecule has 1 aromatic rings. The molecule has 0 saturated heterocycles. The van der Waals surface area contributed by atoms with Gasteiger partial charge < -0.3 is 19.5 Å². The molecule has 1 rings (SSSR count). The molecule has 5 heteroatoms. The molecule has 21 heavy (non-hydrogen) atoms. The molecule has 0 saturated carbocycles. The van der Waals surface area contributed by atoms with Gasteiger partial charge in [-0.1, -0.05) is 18.5 Å². The van der Waals surface area contributed by atoms with Gasteiger partial charge in [-0.25, -0.2) is 0 Å². The van der Waals surface area contributed by atoms with Gasteiger partial charge in [0.05, 0.1) is 19.8 Å². The maximum absolute atomic E-state index is 6.05. The number of rotatable bonds is 12. The van der Waals surface area contributed by atoms with Crippen molar-refractivity contribution in [2.24, 2.45) is 0 Å². The summed E-state index contributed by atoms with van der Waals surface area (Å²) < 4.78 is 16.1. The number of benzene rings is 1. The predicted molar refractivity (Wildman–Crippen MR) is 86.3 cm³/mol. The van der Waals surface area contributed by atoms with E-state index in [0.717, 1.165) is 42.3 Å². The lowest BCUT2D eigenvalue weighted by Gasteiger charge is -2.12. The molecule has 0 aliphatic heterocycles. The zero-order valence-corrected chi connectivity index (χ0v) is 13.7. The lowest BCUT2D eigenvalue weighted by molar-refractivity contribution is 0.0644. The molecule has 0 aromatic heterocycles. The molecular formula is C16H26ClNO3. The van der Waals surface area contributed by atoms with Gasteiger partial charge in [-0.15, -0.1) is 0 Å². The van der Waals surface area contributed by atoms with Gasteiger partial charge in [0.25, 0.3) is 0 Å². The second kappa shape index (κ2) is 11.8. The summed E-state index contributed by atoms with van der Waals surface area (Å²) in [6, 6.07) is 5.74. The van der Waals surface area contributed by atoms with E-state index in [4.69, 9.17) is 25.8 Å². The second-order valence-electron chi connectivity index (χ2n) is 4.74. The highest BCUT2D eigenvalue weighted by Gasteiger charge is 2.04. The number of nitrogens with one attached hydrogen (secondary N) is 1. The molecule has 0 amide bonds. The largest absolute Gasteiger partial charge is 0.493 e. The van der Waals surface area contributed by atoms with Gasteiger partial charge in [0.1, 0.15) is 5.75 Å². The fourth-order valence-corrected chi connectivity index (χ4v) is 2.01. The van der Waals surface area contributed by atoms with Crippen LogP contribution < -0.4 is 10.1 Å². The Balaban J connectivity index is 2.32. The molecule has 4 nitrogen and oxygen atoms in total. The van der Waals surface area contributed by atoms with E-state index in [9.17, 15) is 0 Å². The molecule has 0 aliphatic rings. The van der Waals surface area contributed by atoms with Gasteiger partial charge in [-0.05, 0) is 31.2 Å². The van der Waals surface area contributed by atoms with Crippen LogP contribution in [0, 0.1) is 0 Å². The van der Waals surface area contributed by atoms with Crippen LogP contribution in [0.15, 0.2) is 18.2 Å². The summed E-state index contributed by atoms with van der Waals surface area (Å²) in [5, 5.41) is 4.10. The first-order valence-electron chi connectivity index (χ1n) is 7.46. The van der Waals surface area contributed by atoms with Crippen molar-refractivity contribution in [3.8, 4) is 5.75 Å². The first-order valence-corrected chi connectivity index (χ1v) is 7.84. The average molecular weight is 316 g/mol. The van der Waals surface area contributed by atoms with Gasteiger partial charge in [0, 0.05) is 37.3 Å². The zero-order chi connectivity index (χ0) is 15.3. The third-order valence-corrected chi connectivity index (χ3v) is 3.12. The molecule has 0 unspecified atom stereocenters. The van der Waals surface area contributed by atoms with E-state index in [1.807, 2.05) is 18.2 Å². The van der Waals surface area contributed by atoms with E-state index in [0.29, 0.717) is 26.4 Å². The molecule has 0 heterocycles. The van der Waals surface area contributed by atoms with E-state index < -0.39 is 0 Å². The number of hydrogen-bond acceptors (Lipinski definition) is 4. The molecule has 0 bridgehead atoms. The summed E-state index contributed by atoms with van der Waals surface area (Å²) in [6.07, 6.45) is 1.96. The van der Waals surface area contributed by atoms with Gasteiger partial charge in [0.15, 0.2) is 0 Å². The summed E-state index contributed by atoms with van der Waals surface area (Å²) in [4.78, 5) is 0. The minimum Gasteiger partial charge on any atom is -0.493 e. The Morgan fingerprint density at radius 1 is 1.14 bits per heavy atom. The third kappa shape index (κ3) is 8.27. The monoisotopic (exact) mass is 315 g/mol. The van der Waals surface area contributed by atoms with Crippen molar-refractivity contribution in [2.75, 3.05) is 40.1 Å². The zero-order valence-electron chi connectivity index (χ0n) is 13.0. The lowest BCUT2D eigenvalue weighted by Crippen LogP contribution is -2.15. The summed E-state index contributed by atoms with van der Waals surface area (Å²) in [5.41, 5.74) is 1.09. The molecule has 0 spiro atoms. The molecule has 1 N–H and O–H groups in total. The highest BCUT2D eigenvalue weighted by atomic mass is 35.5. The first kappa shape index (κ1) is 18.2. The van der Waals surface area contributed by atoms with Crippen molar-refractivity contribution < 1.29 is 14.2 Å². The third-order valence-electron chi connectivity index (χ3n) is 2.89. The predicted octanol–water partition coefficient (Wildman–Crippen LogP) is 3.27. The first-order chi connectivity index (χ1) is 10.3. The Kier molecular flexibility index (Phi) is 10.3. The van der Waals surface area contributed by atoms with E-state index in [1.165, 1.54) is 0 Å². The van der Waals surface area contributed by atoms with E-state index in [-0.39, 0.29) is 0 Å². The standard InChI is InChI=1S/C16H26ClNO3/c1-3-7-18-13-14-12-15(17)5-6-16(14)21-9-4-8-20-11-10-19-2/h5-6,12,18H,3-4,7-11,13H2,1-2H3. The quantitative estimate of drug-likeness (QED) is 0.601. The number of halogens is 1. The minimum absolute atomic E-state index is 0.629. The summed E-state index contributed by atoms with van der Waals surface area (Å²) in [6.45, 7) is 6.48. The summed E-state index contributed by atoms with van der Waals surface area (Å²) >= 11 is 6.05. The van der Waals surface area contributed by atoms with Crippen molar-refractivity contribution in [2.45, 2.75) is 26.3 Å². The van der Waals surface area contributed by atoms with Gasteiger partial charge in [-0.2, -0.15) is 0 Å². The van der Waals surface area contributed by atoms with Crippen molar-refractivity contribution in [3.05, 3.63) is 28.8 Å².